The first-order valence-electron chi connectivity index (χ1n) is 12.2. The minimum atomic E-state index is -0.586. The highest BCUT2D eigenvalue weighted by Gasteiger charge is 2.40. The number of thioether (sulfide) groups is 1. The lowest BCUT2D eigenvalue weighted by atomic mass is 10.2. The Morgan fingerprint density at radius 2 is 1.73 bits per heavy atom. The standard InChI is InChI=1S/C30H22IN3O5S/c31-20-11-13-22(14-12-20)34-27(35)18-26(30(34)38)40-24-10-4-8-21(16-24)32-29(37)25(17-23-9-5-15-39-23)33-28(36)19-6-2-1-3-7-19/h1-17,26H,18H2,(H,32,37)(H,33,36). The number of hydrogen-bond acceptors (Lipinski definition) is 6. The Morgan fingerprint density at radius 3 is 2.45 bits per heavy atom. The molecule has 0 radical (unpaired) electrons. The summed E-state index contributed by atoms with van der Waals surface area (Å²) >= 11 is 3.43. The molecule has 200 valence electrons. The Balaban J connectivity index is 1.30. The van der Waals surface area contributed by atoms with E-state index < -0.39 is 17.1 Å². The molecule has 0 spiro atoms. The Bertz CT molecular complexity index is 1590. The van der Waals surface area contributed by atoms with Crippen molar-refractivity contribution in [3.63, 3.8) is 0 Å². The number of carbonyl (C=O) groups excluding carboxylic acids is 4. The van der Waals surface area contributed by atoms with Crippen LogP contribution in [0.5, 0.6) is 0 Å². The van der Waals surface area contributed by atoms with Crippen LogP contribution >= 0.6 is 34.4 Å². The predicted molar refractivity (Wildman–Crippen MR) is 162 cm³/mol. The highest BCUT2D eigenvalue weighted by molar-refractivity contribution is 14.1. The maximum absolute atomic E-state index is 13.2. The zero-order chi connectivity index (χ0) is 28.1. The largest absolute Gasteiger partial charge is 0.465 e. The lowest BCUT2D eigenvalue weighted by Crippen LogP contribution is -2.31. The lowest BCUT2D eigenvalue weighted by Gasteiger charge is -2.15. The first kappa shape index (κ1) is 27.4. The predicted octanol–water partition coefficient (Wildman–Crippen LogP) is 5.72. The van der Waals surface area contributed by atoms with Crippen molar-refractivity contribution in [2.75, 3.05) is 10.2 Å². The Morgan fingerprint density at radius 1 is 0.950 bits per heavy atom. The Kier molecular flexibility index (Phi) is 8.46. The van der Waals surface area contributed by atoms with Crippen molar-refractivity contribution in [2.45, 2.75) is 16.6 Å². The maximum Gasteiger partial charge on any atom is 0.272 e. The number of halogens is 1. The summed E-state index contributed by atoms with van der Waals surface area (Å²) < 4.78 is 6.34. The molecular weight excluding hydrogens is 641 g/mol. The smallest absolute Gasteiger partial charge is 0.272 e. The molecule has 4 aromatic rings. The number of imide groups is 1. The summed E-state index contributed by atoms with van der Waals surface area (Å²) in [6, 6.07) is 26.1. The molecule has 0 bridgehead atoms. The van der Waals surface area contributed by atoms with Gasteiger partial charge >= 0.3 is 0 Å². The molecule has 1 aromatic heterocycles. The summed E-state index contributed by atoms with van der Waals surface area (Å²) in [5.74, 6) is -1.14. The number of furan rings is 1. The Labute approximate surface area is 248 Å². The van der Waals surface area contributed by atoms with E-state index in [4.69, 9.17) is 4.42 Å². The van der Waals surface area contributed by atoms with E-state index in [1.165, 1.54) is 29.0 Å². The SMILES string of the molecule is O=C(Nc1cccc(SC2CC(=O)N(c3ccc(I)cc3)C2=O)c1)C(=Cc1ccco1)NC(=O)c1ccccc1. The summed E-state index contributed by atoms with van der Waals surface area (Å²) in [7, 11) is 0. The third-order valence-electron chi connectivity index (χ3n) is 5.92. The van der Waals surface area contributed by atoms with Crippen LogP contribution in [0.1, 0.15) is 22.5 Å². The van der Waals surface area contributed by atoms with E-state index >= 15 is 0 Å². The number of amides is 4. The maximum atomic E-state index is 13.2. The van der Waals surface area contributed by atoms with E-state index in [2.05, 4.69) is 33.2 Å². The molecule has 4 amide bonds. The van der Waals surface area contributed by atoms with E-state index in [1.807, 2.05) is 18.2 Å². The summed E-state index contributed by atoms with van der Waals surface area (Å²) in [4.78, 5) is 53.7. The van der Waals surface area contributed by atoms with E-state index in [-0.39, 0.29) is 23.9 Å². The number of carbonyl (C=O) groups is 4. The van der Waals surface area contributed by atoms with Gasteiger partial charge in [0, 0.05) is 32.2 Å². The zero-order valence-corrected chi connectivity index (χ0v) is 23.8. The third kappa shape index (κ3) is 6.52. The molecule has 3 aromatic carbocycles. The van der Waals surface area contributed by atoms with Crippen LogP contribution in [-0.2, 0) is 14.4 Å². The molecule has 2 N–H and O–H groups in total. The van der Waals surface area contributed by atoms with Gasteiger partial charge in [-0.15, -0.1) is 11.8 Å². The molecule has 5 rings (SSSR count). The Hall–Kier alpha value is -4.16. The van der Waals surface area contributed by atoms with Crippen LogP contribution in [-0.4, -0.2) is 28.9 Å². The average molecular weight is 663 g/mol. The lowest BCUT2D eigenvalue weighted by molar-refractivity contribution is -0.121. The number of benzene rings is 3. The fraction of sp³-hybridized carbons (Fsp3) is 0.0667. The molecule has 0 aliphatic carbocycles. The van der Waals surface area contributed by atoms with Crippen molar-refractivity contribution >= 4 is 75.4 Å². The van der Waals surface area contributed by atoms with E-state index in [9.17, 15) is 19.2 Å². The fourth-order valence-electron chi connectivity index (χ4n) is 4.03. The van der Waals surface area contributed by atoms with Crippen molar-refractivity contribution in [1.82, 2.24) is 5.32 Å². The molecule has 1 atom stereocenters. The summed E-state index contributed by atoms with van der Waals surface area (Å²) in [5, 5.41) is 4.87. The van der Waals surface area contributed by atoms with Crippen LogP contribution < -0.4 is 15.5 Å². The van der Waals surface area contributed by atoms with Gasteiger partial charge in [-0.2, -0.15) is 0 Å². The second-order valence-corrected chi connectivity index (χ2v) is 11.3. The zero-order valence-electron chi connectivity index (χ0n) is 20.9. The quantitative estimate of drug-likeness (QED) is 0.142. The van der Waals surface area contributed by atoms with E-state index in [0.717, 1.165) is 3.57 Å². The van der Waals surface area contributed by atoms with E-state index in [0.29, 0.717) is 27.6 Å². The van der Waals surface area contributed by atoms with Crippen LogP contribution in [0, 0.1) is 3.57 Å². The molecule has 2 heterocycles. The molecular formula is C30H22IN3O5S. The summed E-state index contributed by atoms with van der Waals surface area (Å²) in [6.07, 6.45) is 2.99. The number of anilines is 2. The van der Waals surface area contributed by atoms with Gasteiger partial charge in [0.1, 0.15) is 11.5 Å². The van der Waals surface area contributed by atoms with Crippen LogP contribution in [0.2, 0.25) is 0 Å². The van der Waals surface area contributed by atoms with Gasteiger partial charge in [-0.25, -0.2) is 4.90 Å². The van der Waals surface area contributed by atoms with Crippen molar-refractivity contribution in [3.8, 4) is 0 Å². The molecule has 0 saturated carbocycles. The average Bonchev–Trinajstić information content (AvgIpc) is 3.56. The van der Waals surface area contributed by atoms with Gasteiger partial charge in [0.15, 0.2) is 0 Å². The van der Waals surface area contributed by atoms with Gasteiger partial charge in [0.05, 0.1) is 17.2 Å². The van der Waals surface area contributed by atoms with Gasteiger partial charge in [0.25, 0.3) is 11.8 Å². The molecule has 10 heteroatoms. The van der Waals surface area contributed by atoms with Gasteiger partial charge in [-0.3, -0.25) is 19.2 Å². The number of hydrogen-bond donors (Lipinski definition) is 2. The number of nitrogens with zero attached hydrogens (tertiary/aromatic N) is 1. The molecule has 1 saturated heterocycles. The molecule has 1 aliphatic rings. The molecule has 1 unspecified atom stereocenters. The fourth-order valence-corrected chi connectivity index (χ4v) is 5.50. The summed E-state index contributed by atoms with van der Waals surface area (Å²) in [6.45, 7) is 0. The normalized spacial score (nSPS) is 15.3. The van der Waals surface area contributed by atoms with E-state index in [1.54, 1.807) is 72.8 Å². The van der Waals surface area contributed by atoms with Gasteiger partial charge in [-0.1, -0.05) is 24.3 Å². The van der Waals surface area contributed by atoms with Gasteiger partial charge < -0.3 is 15.1 Å². The monoisotopic (exact) mass is 663 g/mol. The highest BCUT2D eigenvalue weighted by Crippen LogP contribution is 2.35. The molecule has 40 heavy (non-hydrogen) atoms. The second kappa shape index (κ2) is 12.3. The first-order valence-corrected chi connectivity index (χ1v) is 14.2. The molecule has 8 nitrogen and oxygen atoms in total. The van der Waals surface area contributed by atoms with Crippen molar-refractivity contribution in [1.29, 1.82) is 0 Å². The van der Waals surface area contributed by atoms with Crippen molar-refractivity contribution in [2.24, 2.45) is 0 Å². The van der Waals surface area contributed by atoms with Crippen LogP contribution in [0.25, 0.3) is 6.08 Å². The van der Waals surface area contributed by atoms with Gasteiger partial charge in [-0.05, 0) is 89.3 Å². The molecule has 1 aliphatic heterocycles. The van der Waals surface area contributed by atoms with Crippen molar-refractivity contribution in [3.05, 3.63) is 118 Å². The summed E-state index contributed by atoms with van der Waals surface area (Å²) in [5.41, 5.74) is 1.40. The third-order valence-corrected chi connectivity index (χ3v) is 7.82. The minimum absolute atomic E-state index is 0.00779. The van der Waals surface area contributed by atoms with Gasteiger partial charge in [0.2, 0.25) is 11.8 Å². The highest BCUT2D eigenvalue weighted by atomic mass is 127. The van der Waals surface area contributed by atoms with Crippen LogP contribution in [0.3, 0.4) is 0 Å². The van der Waals surface area contributed by atoms with Crippen LogP contribution in [0.4, 0.5) is 11.4 Å². The minimum Gasteiger partial charge on any atom is -0.465 e. The number of nitrogens with one attached hydrogen (secondary N) is 2. The topological polar surface area (TPSA) is 109 Å². The second-order valence-electron chi connectivity index (χ2n) is 8.73. The van der Waals surface area contributed by atoms with Crippen LogP contribution in [0.15, 0.2) is 112 Å². The van der Waals surface area contributed by atoms with Crippen molar-refractivity contribution < 1.29 is 23.6 Å². The molecule has 1 fully saturated rings. The number of rotatable bonds is 8. The first-order chi connectivity index (χ1) is 19.4.